The summed E-state index contributed by atoms with van der Waals surface area (Å²) in [4.78, 5) is 33.3. The standard InChI is InChI=1S/C27H31N5O3/c1-29(19-20-8-10-21(11-9-20)32-14-16-35-17-15-32)26(34)13-12-25(33)22(18-28)27-30(2)23-6-4-5-7-24(23)31(27)3/h4-11H,12-17,19H2,1-3H3. The van der Waals surface area contributed by atoms with E-state index in [1.54, 1.807) is 11.9 Å². The average Bonchev–Trinajstić information content (AvgIpc) is 3.14. The SMILES string of the molecule is CN(Cc1ccc(N2CCOCC2)cc1)C(=O)CCC(=O)C(C#N)=C1N(C)c2ccccc2N1C. The summed E-state index contributed by atoms with van der Waals surface area (Å²) in [5.41, 5.74) is 4.11. The van der Waals surface area contributed by atoms with Crippen molar-refractivity contribution < 1.29 is 14.3 Å². The van der Waals surface area contributed by atoms with Crippen LogP contribution < -0.4 is 14.7 Å². The molecule has 182 valence electrons. The van der Waals surface area contributed by atoms with Crippen molar-refractivity contribution in [2.45, 2.75) is 19.4 Å². The molecule has 0 saturated carbocycles. The molecule has 1 fully saturated rings. The minimum atomic E-state index is -0.328. The third kappa shape index (κ3) is 5.15. The predicted octanol–water partition coefficient (Wildman–Crippen LogP) is 3.15. The molecule has 8 heteroatoms. The first kappa shape index (κ1) is 24.3. The van der Waals surface area contributed by atoms with Crippen LogP contribution in [0.5, 0.6) is 0 Å². The number of Topliss-reactive ketones (excluding diaryl/α,β-unsaturated/α-hetero) is 1. The Morgan fingerprint density at radius 3 is 2.14 bits per heavy atom. The van der Waals surface area contributed by atoms with Crippen molar-refractivity contribution in [3.63, 3.8) is 0 Å². The van der Waals surface area contributed by atoms with Crippen molar-refractivity contribution in [1.82, 2.24) is 4.90 Å². The fourth-order valence-corrected chi connectivity index (χ4v) is 4.59. The van der Waals surface area contributed by atoms with Gasteiger partial charge in [-0.15, -0.1) is 0 Å². The summed E-state index contributed by atoms with van der Waals surface area (Å²) < 4.78 is 5.40. The molecule has 0 N–H and O–H groups in total. The Hall–Kier alpha value is -3.83. The highest BCUT2D eigenvalue weighted by atomic mass is 16.5. The third-order valence-electron chi connectivity index (χ3n) is 6.58. The van der Waals surface area contributed by atoms with E-state index in [1.807, 2.05) is 60.3 Å². The maximum absolute atomic E-state index is 13.0. The fourth-order valence-electron chi connectivity index (χ4n) is 4.59. The van der Waals surface area contributed by atoms with E-state index in [1.165, 1.54) is 0 Å². The molecule has 0 spiro atoms. The van der Waals surface area contributed by atoms with E-state index in [-0.39, 0.29) is 30.1 Å². The van der Waals surface area contributed by atoms with Crippen LogP contribution in [0.4, 0.5) is 17.1 Å². The van der Waals surface area contributed by atoms with E-state index in [0.29, 0.717) is 12.4 Å². The summed E-state index contributed by atoms with van der Waals surface area (Å²) in [7, 11) is 5.42. The summed E-state index contributed by atoms with van der Waals surface area (Å²) in [6.45, 7) is 3.70. The highest BCUT2D eigenvalue weighted by molar-refractivity contribution is 6.03. The molecular formula is C27H31N5O3. The first-order chi connectivity index (χ1) is 16.9. The van der Waals surface area contributed by atoms with Gasteiger partial charge >= 0.3 is 0 Å². The van der Waals surface area contributed by atoms with Crippen molar-refractivity contribution in [2.24, 2.45) is 0 Å². The number of anilines is 3. The Kier molecular flexibility index (Phi) is 7.37. The second-order valence-electron chi connectivity index (χ2n) is 8.86. The first-order valence-corrected chi connectivity index (χ1v) is 11.8. The fraction of sp³-hybridized carbons (Fsp3) is 0.370. The molecule has 0 aliphatic carbocycles. The van der Waals surface area contributed by atoms with Crippen LogP contribution in [-0.4, -0.2) is 64.0 Å². The number of ketones is 1. The van der Waals surface area contributed by atoms with Gasteiger partial charge in [-0.3, -0.25) is 9.59 Å². The van der Waals surface area contributed by atoms with Gasteiger partial charge in [-0.25, -0.2) is 0 Å². The molecule has 0 atom stereocenters. The van der Waals surface area contributed by atoms with Crippen LogP contribution in [0, 0.1) is 11.3 Å². The number of hydrogen-bond acceptors (Lipinski definition) is 7. The van der Waals surface area contributed by atoms with E-state index in [9.17, 15) is 14.9 Å². The lowest BCUT2D eigenvalue weighted by molar-refractivity contribution is -0.132. The van der Waals surface area contributed by atoms with Crippen LogP contribution in [0.2, 0.25) is 0 Å². The zero-order valence-corrected chi connectivity index (χ0v) is 20.5. The van der Waals surface area contributed by atoms with Crippen molar-refractivity contribution in [3.8, 4) is 6.07 Å². The maximum atomic E-state index is 13.0. The van der Waals surface area contributed by atoms with Crippen molar-refractivity contribution in [3.05, 3.63) is 65.5 Å². The van der Waals surface area contributed by atoms with Crippen LogP contribution in [-0.2, 0) is 20.9 Å². The van der Waals surface area contributed by atoms with Gasteiger partial charge in [0.2, 0.25) is 5.91 Å². The molecule has 0 bridgehead atoms. The lowest BCUT2D eigenvalue weighted by atomic mass is 10.1. The molecule has 35 heavy (non-hydrogen) atoms. The molecule has 1 saturated heterocycles. The summed E-state index contributed by atoms with van der Waals surface area (Å²) >= 11 is 0. The van der Waals surface area contributed by atoms with Crippen LogP contribution in [0.1, 0.15) is 18.4 Å². The number of carbonyl (C=O) groups is 2. The van der Waals surface area contributed by atoms with Crippen molar-refractivity contribution >= 4 is 28.8 Å². The summed E-state index contributed by atoms with van der Waals surface area (Å²) in [5.74, 6) is 0.0831. The highest BCUT2D eigenvalue weighted by Crippen LogP contribution is 2.40. The molecule has 2 aliphatic heterocycles. The molecule has 2 heterocycles. The number of morpholine rings is 1. The van der Waals surface area contributed by atoms with Gasteiger partial charge in [0, 0.05) is 59.3 Å². The monoisotopic (exact) mass is 473 g/mol. The van der Waals surface area contributed by atoms with Crippen molar-refractivity contribution in [1.29, 1.82) is 5.26 Å². The van der Waals surface area contributed by atoms with Gasteiger partial charge < -0.3 is 24.3 Å². The van der Waals surface area contributed by atoms with Crippen molar-refractivity contribution in [2.75, 3.05) is 62.1 Å². The number of fused-ring (bicyclic) bond motifs is 1. The number of allylic oxidation sites excluding steroid dienone is 1. The number of nitrogens with zero attached hydrogens (tertiary/aromatic N) is 5. The molecule has 0 aromatic heterocycles. The van der Waals surface area contributed by atoms with Gasteiger partial charge in [-0.05, 0) is 29.8 Å². The second kappa shape index (κ2) is 10.6. The second-order valence-corrected chi connectivity index (χ2v) is 8.86. The Morgan fingerprint density at radius 2 is 1.57 bits per heavy atom. The normalized spacial score (nSPS) is 15.0. The maximum Gasteiger partial charge on any atom is 0.223 e. The summed E-state index contributed by atoms with van der Waals surface area (Å²) in [6, 6.07) is 18.0. The van der Waals surface area contributed by atoms with Gasteiger partial charge in [-0.1, -0.05) is 24.3 Å². The third-order valence-corrected chi connectivity index (χ3v) is 6.58. The number of carbonyl (C=O) groups excluding carboxylic acids is 2. The number of hydrogen-bond donors (Lipinski definition) is 0. The highest BCUT2D eigenvalue weighted by Gasteiger charge is 2.31. The van der Waals surface area contributed by atoms with E-state index in [4.69, 9.17) is 4.74 Å². The number of benzene rings is 2. The topological polar surface area (TPSA) is 80.1 Å². The molecule has 2 aromatic carbocycles. The summed E-state index contributed by atoms with van der Waals surface area (Å²) in [5, 5.41) is 9.77. The molecule has 4 rings (SSSR count). The Morgan fingerprint density at radius 1 is 0.971 bits per heavy atom. The quantitative estimate of drug-likeness (QED) is 0.451. The van der Waals surface area contributed by atoms with Crippen LogP contribution in [0.15, 0.2) is 59.9 Å². The Balaban J connectivity index is 1.35. The minimum absolute atomic E-state index is 0.0104. The van der Waals surface area contributed by atoms with Gasteiger partial charge in [0.15, 0.2) is 5.78 Å². The lowest BCUT2D eigenvalue weighted by Gasteiger charge is -2.29. The number of amides is 1. The average molecular weight is 474 g/mol. The Labute approximate surface area is 206 Å². The molecule has 0 radical (unpaired) electrons. The molecule has 0 unspecified atom stereocenters. The molecule has 1 amide bonds. The number of nitriles is 1. The van der Waals surface area contributed by atoms with Gasteiger partial charge in [0.25, 0.3) is 0 Å². The summed E-state index contributed by atoms with van der Waals surface area (Å²) in [6.07, 6.45) is 0.0452. The van der Waals surface area contributed by atoms with Gasteiger partial charge in [0.1, 0.15) is 17.5 Å². The Bertz CT molecular complexity index is 1130. The molecule has 2 aliphatic rings. The minimum Gasteiger partial charge on any atom is -0.378 e. The van der Waals surface area contributed by atoms with Crippen LogP contribution in [0.3, 0.4) is 0 Å². The van der Waals surface area contributed by atoms with E-state index in [2.05, 4.69) is 23.1 Å². The molecule has 8 nitrogen and oxygen atoms in total. The number of para-hydroxylation sites is 2. The molecular weight excluding hydrogens is 442 g/mol. The molecule has 2 aromatic rings. The first-order valence-electron chi connectivity index (χ1n) is 11.8. The van der Waals surface area contributed by atoms with Gasteiger partial charge in [-0.2, -0.15) is 5.26 Å². The van der Waals surface area contributed by atoms with Gasteiger partial charge in [0.05, 0.1) is 24.6 Å². The number of rotatable bonds is 7. The lowest BCUT2D eigenvalue weighted by Crippen LogP contribution is -2.36. The van der Waals surface area contributed by atoms with E-state index in [0.717, 1.165) is 48.9 Å². The smallest absolute Gasteiger partial charge is 0.223 e. The van der Waals surface area contributed by atoms with E-state index < -0.39 is 0 Å². The predicted molar refractivity (Wildman–Crippen MR) is 136 cm³/mol. The van der Waals surface area contributed by atoms with Crippen LogP contribution in [0.25, 0.3) is 0 Å². The van der Waals surface area contributed by atoms with Crippen LogP contribution >= 0.6 is 0 Å². The zero-order valence-electron chi connectivity index (χ0n) is 20.5. The van der Waals surface area contributed by atoms with E-state index >= 15 is 0 Å². The number of ether oxygens (including phenoxy) is 1. The largest absolute Gasteiger partial charge is 0.378 e. The zero-order chi connectivity index (χ0) is 24.9.